The molecule has 0 spiro atoms. The van der Waals surface area contributed by atoms with Crippen molar-refractivity contribution < 1.29 is 13.9 Å². The Labute approximate surface area is 190 Å². The summed E-state index contributed by atoms with van der Waals surface area (Å²) in [6.45, 7) is 5.99. The van der Waals surface area contributed by atoms with Crippen LogP contribution in [0.2, 0.25) is 0 Å². The van der Waals surface area contributed by atoms with Gasteiger partial charge >= 0.3 is 0 Å². The molecule has 0 saturated carbocycles. The SMILES string of the molecule is CC(=O)N1CC(COc2cc(F)nc(N3CCc4nc(-c5ncccn5)ncc4C3C)c2)C1. The molecule has 1 amide bonds. The van der Waals surface area contributed by atoms with Crippen molar-refractivity contribution in [3.63, 3.8) is 0 Å². The number of nitrogens with zero attached hydrogens (tertiary/aromatic N) is 7. The van der Waals surface area contributed by atoms with Crippen LogP contribution in [-0.2, 0) is 11.2 Å². The molecule has 0 aliphatic carbocycles. The molecule has 0 aromatic carbocycles. The Kier molecular flexibility index (Phi) is 5.57. The van der Waals surface area contributed by atoms with Gasteiger partial charge in [0, 0.05) is 75.2 Å². The minimum atomic E-state index is -0.590. The molecule has 5 rings (SSSR count). The fourth-order valence-corrected chi connectivity index (χ4v) is 4.24. The average molecular weight is 449 g/mol. The number of hydrogen-bond acceptors (Lipinski definition) is 8. The van der Waals surface area contributed by atoms with Crippen LogP contribution >= 0.6 is 0 Å². The summed E-state index contributed by atoms with van der Waals surface area (Å²) in [6.07, 6.45) is 5.78. The van der Waals surface area contributed by atoms with Gasteiger partial charge in [-0.2, -0.15) is 4.39 Å². The lowest BCUT2D eigenvalue weighted by atomic mass is 9.99. The van der Waals surface area contributed by atoms with E-state index in [4.69, 9.17) is 4.74 Å². The number of carbonyl (C=O) groups is 1. The van der Waals surface area contributed by atoms with E-state index in [1.165, 1.54) is 6.07 Å². The van der Waals surface area contributed by atoms with E-state index in [9.17, 15) is 9.18 Å². The van der Waals surface area contributed by atoms with Crippen molar-refractivity contribution in [3.05, 3.63) is 54.0 Å². The van der Waals surface area contributed by atoms with Gasteiger partial charge < -0.3 is 14.5 Å². The van der Waals surface area contributed by atoms with E-state index in [1.807, 2.05) is 11.8 Å². The molecule has 0 bridgehead atoms. The summed E-state index contributed by atoms with van der Waals surface area (Å²) < 4.78 is 20.2. The highest BCUT2D eigenvalue weighted by Crippen LogP contribution is 2.33. The second kappa shape index (κ2) is 8.68. The summed E-state index contributed by atoms with van der Waals surface area (Å²) >= 11 is 0. The van der Waals surface area contributed by atoms with Crippen molar-refractivity contribution >= 4 is 11.7 Å². The number of aromatic nitrogens is 5. The first-order chi connectivity index (χ1) is 16.0. The van der Waals surface area contributed by atoms with E-state index in [1.54, 1.807) is 42.5 Å². The Morgan fingerprint density at radius 1 is 1.15 bits per heavy atom. The van der Waals surface area contributed by atoms with Gasteiger partial charge in [0.15, 0.2) is 11.6 Å². The number of fused-ring (bicyclic) bond motifs is 1. The van der Waals surface area contributed by atoms with Gasteiger partial charge in [-0.1, -0.05) is 0 Å². The highest BCUT2D eigenvalue weighted by atomic mass is 19.1. The Hall–Kier alpha value is -3.69. The lowest BCUT2D eigenvalue weighted by Gasteiger charge is -2.38. The molecule has 33 heavy (non-hydrogen) atoms. The Balaban J connectivity index is 1.31. The zero-order valence-corrected chi connectivity index (χ0v) is 18.5. The fraction of sp³-hybridized carbons (Fsp3) is 0.391. The first-order valence-electron chi connectivity index (χ1n) is 10.9. The normalized spacial score (nSPS) is 18.0. The number of likely N-dealkylation sites (tertiary alicyclic amines) is 1. The first kappa shape index (κ1) is 21.2. The van der Waals surface area contributed by atoms with Gasteiger partial charge in [-0.05, 0) is 13.0 Å². The Morgan fingerprint density at radius 2 is 1.94 bits per heavy atom. The molecule has 0 N–H and O–H groups in total. The summed E-state index contributed by atoms with van der Waals surface area (Å²) in [5, 5.41) is 0. The van der Waals surface area contributed by atoms with Gasteiger partial charge in [0.25, 0.3) is 0 Å². The Bertz CT molecular complexity index is 1170. The second-order valence-electron chi connectivity index (χ2n) is 8.37. The topological polar surface area (TPSA) is 97.2 Å². The summed E-state index contributed by atoms with van der Waals surface area (Å²) in [5.41, 5.74) is 1.90. The molecule has 1 fully saturated rings. The predicted molar refractivity (Wildman–Crippen MR) is 118 cm³/mol. The maximum atomic E-state index is 14.3. The summed E-state index contributed by atoms with van der Waals surface area (Å²) in [7, 11) is 0. The third-order valence-corrected chi connectivity index (χ3v) is 6.11. The number of pyridine rings is 1. The number of carbonyl (C=O) groups excluding carboxylic acids is 1. The van der Waals surface area contributed by atoms with Gasteiger partial charge in [0.2, 0.25) is 11.9 Å². The minimum Gasteiger partial charge on any atom is -0.493 e. The maximum Gasteiger partial charge on any atom is 0.219 e. The third kappa shape index (κ3) is 4.33. The maximum absolute atomic E-state index is 14.3. The van der Waals surface area contributed by atoms with Gasteiger partial charge in [0.05, 0.1) is 18.3 Å². The smallest absolute Gasteiger partial charge is 0.219 e. The molecule has 2 aliphatic rings. The van der Waals surface area contributed by atoms with Crippen LogP contribution < -0.4 is 9.64 Å². The molecular formula is C23H24FN7O2. The minimum absolute atomic E-state index is 0.0650. The second-order valence-corrected chi connectivity index (χ2v) is 8.37. The zero-order chi connectivity index (χ0) is 22.9. The van der Waals surface area contributed by atoms with E-state index in [2.05, 4.69) is 24.9 Å². The molecule has 10 heteroatoms. The monoisotopic (exact) mass is 449 g/mol. The molecule has 9 nitrogen and oxygen atoms in total. The van der Waals surface area contributed by atoms with E-state index < -0.39 is 5.95 Å². The highest BCUT2D eigenvalue weighted by molar-refractivity contribution is 5.74. The van der Waals surface area contributed by atoms with Crippen molar-refractivity contribution in [2.45, 2.75) is 26.3 Å². The molecule has 1 atom stereocenters. The van der Waals surface area contributed by atoms with Crippen molar-refractivity contribution in [1.82, 2.24) is 29.8 Å². The lowest BCUT2D eigenvalue weighted by Crippen LogP contribution is -2.51. The van der Waals surface area contributed by atoms with Crippen LogP contribution in [0.3, 0.4) is 0 Å². The highest BCUT2D eigenvalue weighted by Gasteiger charge is 2.30. The van der Waals surface area contributed by atoms with Crippen molar-refractivity contribution in [1.29, 1.82) is 0 Å². The molecule has 170 valence electrons. The van der Waals surface area contributed by atoms with E-state index in [0.29, 0.717) is 55.9 Å². The number of ether oxygens (including phenoxy) is 1. The Morgan fingerprint density at radius 3 is 2.70 bits per heavy atom. The third-order valence-electron chi connectivity index (χ3n) is 6.11. The van der Waals surface area contributed by atoms with Gasteiger partial charge in [-0.15, -0.1) is 0 Å². The zero-order valence-electron chi connectivity index (χ0n) is 18.5. The van der Waals surface area contributed by atoms with Crippen LogP contribution in [0.25, 0.3) is 11.6 Å². The largest absolute Gasteiger partial charge is 0.493 e. The van der Waals surface area contributed by atoms with Crippen LogP contribution in [0, 0.1) is 11.9 Å². The van der Waals surface area contributed by atoms with Crippen LogP contribution in [0.5, 0.6) is 5.75 Å². The number of rotatable bonds is 5. The standard InChI is InChI=1S/C23H24FN7O2/c1-14-18-10-27-23(22-25-5-3-6-26-22)28-19(18)4-7-31(14)21-9-17(8-20(24)29-21)33-13-16-11-30(12-16)15(2)32/h3,5-6,8-10,14,16H,4,7,11-13H2,1-2H3. The number of halogens is 1. The van der Waals surface area contributed by atoms with E-state index in [0.717, 1.165) is 11.3 Å². The number of anilines is 1. The molecule has 3 aromatic rings. The first-order valence-corrected chi connectivity index (χ1v) is 10.9. The number of amides is 1. The van der Waals surface area contributed by atoms with Crippen molar-refractivity contribution in [2.24, 2.45) is 5.92 Å². The van der Waals surface area contributed by atoms with Gasteiger partial charge in [0.1, 0.15) is 11.6 Å². The molecule has 3 aromatic heterocycles. The fourth-order valence-electron chi connectivity index (χ4n) is 4.24. The summed E-state index contributed by atoms with van der Waals surface area (Å²) in [4.78, 5) is 36.8. The van der Waals surface area contributed by atoms with Crippen LogP contribution in [0.15, 0.2) is 36.8 Å². The van der Waals surface area contributed by atoms with Crippen LogP contribution in [0.4, 0.5) is 10.2 Å². The summed E-state index contributed by atoms with van der Waals surface area (Å²) in [5.74, 6) is 1.66. The molecule has 5 heterocycles. The van der Waals surface area contributed by atoms with Gasteiger partial charge in [-0.25, -0.2) is 24.9 Å². The quantitative estimate of drug-likeness (QED) is 0.548. The lowest BCUT2D eigenvalue weighted by molar-refractivity contribution is -0.135. The number of hydrogen-bond donors (Lipinski definition) is 0. The van der Waals surface area contributed by atoms with Crippen molar-refractivity contribution in [3.8, 4) is 17.4 Å². The van der Waals surface area contributed by atoms with Crippen molar-refractivity contribution in [2.75, 3.05) is 31.1 Å². The average Bonchev–Trinajstić information content (AvgIpc) is 2.78. The predicted octanol–water partition coefficient (Wildman–Crippen LogP) is 2.45. The van der Waals surface area contributed by atoms with Crippen LogP contribution in [-0.4, -0.2) is 62.0 Å². The van der Waals surface area contributed by atoms with E-state index in [-0.39, 0.29) is 17.9 Å². The molecule has 1 unspecified atom stereocenters. The molecule has 1 saturated heterocycles. The molecule has 2 aliphatic heterocycles. The van der Waals surface area contributed by atoms with Gasteiger partial charge in [-0.3, -0.25) is 4.79 Å². The molecular weight excluding hydrogens is 425 g/mol. The molecule has 0 radical (unpaired) electrons. The van der Waals surface area contributed by atoms with Crippen LogP contribution in [0.1, 0.15) is 31.1 Å². The summed E-state index contributed by atoms with van der Waals surface area (Å²) in [6, 6.07) is 4.72. The van der Waals surface area contributed by atoms with E-state index >= 15 is 0 Å².